The van der Waals surface area contributed by atoms with Crippen molar-refractivity contribution in [2.24, 2.45) is 5.14 Å². The molecule has 4 rings (SSSR count). The van der Waals surface area contributed by atoms with Crippen LogP contribution < -0.4 is 24.2 Å². The number of nitrogens with two attached hydrogens (primary N) is 1. The number of Topliss-reactive ketones (excluding diaryl/α,β-unsaturated/α-hetero) is 1. The number of hydrogen-bond acceptors (Lipinski definition) is 8. The number of aliphatic hydroxyl groups excluding tert-OH is 1. The van der Waals surface area contributed by atoms with Gasteiger partial charge >= 0.3 is 0 Å². The molecule has 192 valence electrons. The third kappa shape index (κ3) is 4.74. The maximum Gasteiger partial charge on any atom is 0.300 e. The standard InChI is InChI=1S/C26H24N2O8S/c1-34-17-6-4-5-15(13-17)23-22(24(29)20-12-9-18(35-2)14-21(20)36-3)25(30)26(31)28(23)16-7-10-19(11-8-16)37(27,32)33/h4-14,23,29H,1-3H3,(H2,27,32,33)/b24-22-. The lowest BCUT2D eigenvalue weighted by molar-refractivity contribution is -0.132. The molecule has 0 aliphatic carbocycles. The van der Waals surface area contributed by atoms with Crippen LogP contribution in [0.1, 0.15) is 17.2 Å². The Balaban J connectivity index is 1.96. The minimum absolute atomic E-state index is 0.159. The fourth-order valence-electron chi connectivity index (χ4n) is 4.16. The van der Waals surface area contributed by atoms with Crippen molar-refractivity contribution in [3.63, 3.8) is 0 Å². The number of carbonyl (C=O) groups excluding carboxylic acids is 2. The second-order valence-electron chi connectivity index (χ2n) is 8.05. The summed E-state index contributed by atoms with van der Waals surface area (Å²) in [5.74, 6) is -1.13. The van der Waals surface area contributed by atoms with Gasteiger partial charge in [0.2, 0.25) is 10.0 Å². The fraction of sp³-hybridized carbons (Fsp3) is 0.154. The zero-order valence-corrected chi connectivity index (χ0v) is 21.0. The fourth-order valence-corrected chi connectivity index (χ4v) is 4.68. The lowest BCUT2D eigenvalue weighted by atomic mass is 9.94. The van der Waals surface area contributed by atoms with E-state index >= 15 is 0 Å². The van der Waals surface area contributed by atoms with Gasteiger partial charge in [-0.3, -0.25) is 14.5 Å². The zero-order chi connectivity index (χ0) is 26.9. The van der Waals surface area contributed by atoms with Gasteiger partial charge in [-0.1, -0.05) is 12.1 Å². The number of sulfonamides is 1. The Bertz CT molecular complexity index is 1510. The lowest BCUT2D eigenvalue weighted by Crippen LogP contribution is -2.29. The van der Waals surface area contributed by atoms with Crippen LogP contribution >= 0.6 is 0 Å². The van der Waals surface area contributed by atoms with Gasteiger partial charge in [0, 0.05) is 11.8 Å². The van der Waals surface area contributed by atoms with Gasteiger partial charge < -0.3 is 19.3 Å². The van der Waals surface area contributed by atoms with Crippen molar-refractivity contribution < 1.29 is 37.3 Å². The molecule has 3 N–H and O–H groups in total. The van der Waals surface area contributed by atoms with Crippen LogP contribution in [0, 0.1) is 0 Å². The van der Waals surface area contributed by atoms with Crippen molar-refractivity contribution in [3.05, 3.63) is 83.4 Å². The average molecular weight is 525 g/mol. The Morgan fingerprint density at radius 2 is 1.54 bits per heavy atom. The van der Waals surface area contributed by atoms with E-state index in [0.29, 0.717) is 17.1 Å². The van der Waals surface area contributed by atoms with Crippen molar-refractivity contribution in [1.82, 2.24) is 0 Å². The third-order valence-corrected chi connectivity index (χ3v) is 6.89. The molecule has 1 atom stereocenters. The van der Waals surface area contributed by atoms with Gasteiger partial charge in [0.25, 0.3) is 11.7 Å². The quantitative estimate of drug-likeness (QED) is 0.273. The highest BCUT2D eigenvalue weighted by atomic mass is 32.2. The van der Waals surface area contributed by atoms with E-state index < -0.39 is 33.5 Å². The molecular formula is C26H24N2O8S. The molecule has 1 aliphatic heterocycles. The normalized spacial score (nSPS) is 17.1. The molecule has 0 bridgehead atoms. The highest BCUT2D eigenvalue weighted by Crippen LogP contribution is 2.44. The number of anilines is 1. The van der Waals surface area contributed by atoms with Crippen LogP contribution in [0.25, 0.3) is 5.76 Å². The van der Waals surface area contributed by atoms with E-state index in [1.807, 2.05) is 0 Å². The first kappa shape index (κ1) is 25.7. The summed E-state index contributed by atoms with van der Waals surface area (Å²) in [5, 5.41) is 16.6. The molecule has 1 aliphatic rings. The molecule has 3 aromatic rings. The number of amides is 1. The van der Waals surface area contributed by atoms with E-state index in [0.717, 1.165) is 0 Å². The molecule has 0 aromatic heterocycles. The molecule has 1 saturated heterocycles. The molecule has 1 amide bonds. The van der Waals surface area contributed by atoms with Crippen LogP contribution in [0.4, 0.5) is 5.69 Å². The van der Waals surface area contributed by atoms with Crippen LogP contribution in [-0.4, -0.2) is 46.5 Å². The lowest BCUT2D eigenvalue weighted by Gasteiger charge is -2.26. The number of benzene rings is 3. The summed E-state index contributed by atoms with van der Waals surface area (Å²) in [6.45, 7) is 0. The van der Waals surface area contributed by atoms with Crippen LogP contribution in [0.15, 0.2) is 77.2 Å². The maximum atomic E-state index is 13.4. The molecule has 10 nitrogen and oxygen atoms in total. The highest BCUT2D eigenvalue weighted by molar-refractivity contribution is 7.89. The predicted molar refractivity (Wildman–Crippen MR) is 135 cm³/mol. The van der Waals surface area contributed by atoms with Gasteiger partial charge in [-0.05, 0) is 54.1 Å². The van der Waals surface area contributed by atoms with Gasteiger partial charge in [0.05, 0.1) is 43.4 Å². The van der Waals surface area contributed by atoms with E-state index in [2.05, 4.69) is 0 Å². The van der Waals surface area contributed by atoms with Gasteiger partial charge in [-0.15, -0.1) is 0 Å². The molecule has 0 spiro atoms. The first-order chi connectivity index (χ1) is 17.6. The molecule has 1 unspecified atom stereocenters. The number of ether oxygens (including phenoxy) is 3. The summed E-state index contributed by atoms with van der Waals surface area (Å²) < 4.78 is 39.3. The summed E-state index contributed by atoms with van der Waals surface area (Å²) in [6.07, 6.45) is 0. The van der Waals surface area contributed by atoms with Gasteiger partial charge in [0.1, 0.15) is 23.0 Å². The largest absolute Gasteiger partial charge is 0.507 e. The Labute approximate surface area is 213 Å². The Hall–Kier alpha value is -4.35. The topological polar surface area (TPSA) is 145 Å². The Kier molecular flexibility index (Phi) is 6.92. The Morgan fingerprint density at radius 1 is 0.892 bits per heavy atom. The number of aliphatic hydroxyl groups is 1. The average Bonchev–Trinajstić information content (AvgIpc) is 3.17. The van der Waals surface area contributed by atoms with E-state index in [1.54, 1.807) is 30.3 Å². The van der Waals surface area contributed by atoms with Crippen molar-refractivity contribution in [3.8, 4) is 17.2 Å². The maximum absolute atomic E-state index is 13.4. The highest BCUT2D eigenvalue weighted by Gasteiger charge is 2.47. The second-order valence-corrected chi connectivity index (χ2v) is 9.61. The van der Waals surface area contributed by atoms with Crippen LogP contribution in [-0.2, 0) is 19.6 Å². The van der Waals surface area contributed by atoms with Gasteiger partial charge in [0.15, 0.2) is 0 Å². The van der Waals surface area contributed by atoms with E-state index in [9.17, 15) is 23.1 Å². The monoisotopic (exact) mass is 524 g/mol. The number of hydrogen-bond donors (Lipinski definition) is 2. The van der Waals surface area contributed by atoms with E-state index in [1.165, 1.54) is 62.6 Å². The third-order valence-electron chi connectivity index (χ3n) is 5.96. The summed E-state index contributed by atoms with van der Waals surface area (Å²) in [4.78, 5) is 27.7. The number of primary sulfonamides is 1. The minimum atomic E-state index is -3.98. The summed E-state index contributed by atoms with van der Waals surface area (Å²) in [5.41, 5.74) is 0.696. The minimum Gasteiger partial charge on any atom is -0.507 e. The molecule has 0 saturated carbocycles. The van der Waals surface area contributed by atoms with Crippen LogP contribution in [0.3, 0.4) is 0 Å². The summed E-state index contributed by atoms with van der Waals surface area (Å²) in [6, 6.07) is 15.5. The first-order valence-corrected chi connectivity index (χ1v) is 12.5. The summed E-state index contributed by atoms with van der Waals surface area (Å²) in [7, 11) is 0.376. The van der Waals surface area contributed by atoms with E-state index in [4.69, 9.17) is 19.3 Å². The molecule has 11 heteroatoms. The SMILES string of the molecule is COc1cccc(C2/C(=C(/O)c3ccc(OC)cc3OC)C(=O)C(=O)N2c2ccc(S(N)(=O)=O)cc2)c1. The van der Waals surface area contributed by atoms with E-state index in [-0.39, 0.29) is 27.5 Å². The predicted octanol–water partition coefficient (Wildman–Crippen LogP) is 2.99. The first-order valence-electron chi connectivity index (χ1n) is 10.9. The second kappa shape index (κ2) is 9.96. The number of rotatable bonds is 7. The molecular weight excluding hydrogens is 500 g/mol. The van der Waals surface area contributed by atoms with Crippen molar-refractivity contribution in [1.29, 1.82) is 0 Å². The number of carbonyl (C=O) groups is 2. The van der Waals surface area contributed by atoms with Crippen LogP contribution in [0.2, 0.25) is 0 Å². The van der Waals surface area contributed by atoms with Crippen LogP contribution in [0.5, 0.6) is 17.2 Å². The zero-order valence-electron chi connectivity index (χ0n) is 20.2. The summed E-state index contributed by atoms with van der Waals surface area (Å²) >= 11 is 0. The molecule has 1 heterocycles. The number of ketones is 1. The van der Waals surface area contributed by atoms with Crippen molar-refractivity contribution in [2.75, 3.05) is 26.2 Å². The Morgan fingerprint density at radius 3 is 2.14 bits per heavy atom. The molecule has 1 fully saturated rings. The van der Waals surface area contributed by atoms with Gasteiger partial charge in [-0.2, -0.15) is 0 Å². The van der Waals surface area contributed by atoms with Crippen molar-refractivity contribution >= 4 is 33.2 Å². The number of methoxy groups -OCH3 is 3. The van der Waals surface area contributed by atoms with Gasteiger partial charge in [-0.25, -0.2) is 13.6 Å². The van der Waals surface area contributed by atoms with Crippen molar-refractivity contribution in [2.45, 2.75) is 10.9 Å². The molecule has 0 radical (unpaired) electrons. The molecule has 37 heavy (non-hydrogen) atoms. The smallest absolute Gasteiger partial charge is 0.300 e. The number of nitrogens with zero attached hydrogens (tertiary/aromatic N) is 1. The molecule has 3 aromatic carbocycles.